The monoisotopic (exact) mass is 548 g/mol. The number of hydrogen-bond acceptors (Lipinski definition) is 11. The molecule has 0 radical (unpaired) electrons. The summed E-state index contributed by atoms with van der Waals surface area (Å²) >= 11 is 0. The van der Waals surface area contributed by atoms with E-state index >= 15 is 0 Å². The van der Waals surface area contributed by atoms with Crippen LogP contribution in [0.5, 0.6) is 0 Å². The first-order valence-electron chi connectivity index (χ1n) is 12.5. The molecule has 212 valence electrons. The molecule has 0 saturated carbocycles. The van der Waals surface area contributed by atoms with Crippen molar-refractivity contribution >= 4 is 18.0 Å². The first-order chi connectivity index (χ1) is 18.7. The smallest absolute Gasteiger partial charge is 0.335 e. The molecule has 2 heterocycles. The molecule has 0 amide bonds. The van der Waals surface area contributed by atoms with Crippen LogP contribution in [0.3, 0.4) is 0 Å². The lowest BCUT2D eigenvalue weighted by Gasteiger charge is -2.44. The number of carboxylic acid groups (broad SMARTS) is 1. The molecule has 9 atom stereocenters. The molecule has 9 unspecified atom stereocenters. The molecule has 0 bridgehead atoms. The van der Waals surface area contributed by atoms with Gasteiger partial charge in [0.15, 0.2) is 6.10 Å². The number of ether oxygens (including phenoxy) is 4. The second kappa shape index (κ2) is 12.8. The normalized spacial score (nSPS) is 33.1. The highest BCUT2D eigenvalue weighted by atomic mass is 16.8. The van der Waals surface area contributed by atoms with Crippen molar-refractivity contribution in [1.29, 1.82) is 0 Å². The van der Waals surface area contributed by atoms with Crippen LogP contribution < -0.4 is 0 Å². The van der Waals surface area contributed by atoms with Gasteiger partial charge < -0.3 is 49.6 Å². The van der Waals surface area contributed by atoms with Crippen molar-refractivity contribution in [1.82, 2.24) is 0 Å². The number of carboxylic acids is 1. The third-order valence-corrected chi connectivity index (χ3v) is 6.99. The summed E-state index contributed by atoms with van der Waals surface area (Å²) in [6, 6.07) is 9.09. The highest BCUT2D eigenvalue weighted by Gasteiger charge is 2.51. The molecule has 3 aliphatic rings. The molecule has 0 aromatic heterocycles. The number of aliphatic hydroxyl groups is 5. The Kier molecular flexibility index (Phi) is 9.51. The average molecular weight is 549 g/mol. The number of fused-ring (bicyclic) bond motifs is 1. The maximum atomic E-state index is 12.7. The van der Waals surface area contributed by atoms with E-state index in [4.69, 9.17) is 18.9 Å². The van der Waals surface area contributed by atoms with Gasteiger partial charge in [-0.25, -0.2) is 4.79 Å². The zero-order chi connectivity index (χ0) is 28.1. The molecule has 12 nitrogen and oxygen atoms in total. The van der Waals surface area contributed by atoms with Gasteiger partial charge in [0.25, 0.3) is 0 Å². The van der Waals surface area contributed by atoms with Crippen molar-refractivity contribution in [3.8, 4) is 0 Å². The summed E-state index contributed by atoms with van der Waals surface area (Å²) in [7, 11) is 0. The number of allylic oxidation sites excluding steroid dienone is 1. The number of aliphatic carboxylic acids is 1. The standard InChI is InChI=1S/C27H32O12/c28-11-15-7-9-17-18(25(34)35)13-36-26(21(15)17)39-27-24(23(33)22(32)19(12-29)37-27)38-20(31)10-16(30)8-6-14-4-2-1-3-5-14/h1-8,13,16-17,19,21-24,26-30,32-33H,9-12H2,(H,34,35). The van der Waals surface area contributed by atoms with Crippen LogP contribution in [0.2, 0.25) is 0 Å². The lowest BCUT2D eigenvalue weighted by atomic mass is 9.83. The number of aliphatic hydroxyl groups excluding tert-OH is 5. The Morgan fingerprint density at radius 2 is 1.85 bits per heavy atom. The fourth-order valence-corrected chi connectivity index (χ4v) is 4.96. The van der Waals surface area contributed by atoms with E-state index < -0.39 is 79.9 Å². The lowest BCUT2D eigenvalue weighted by Crippen LogP contribution is -2.61. The van der Waals surface area contributed by atoms with E-state index in [2.05, 4.69) is 0 Å². The summed E-state index contributed by atoms with van der Waals surface area (Å²) in [6.45, 7) is -1.07. The van der Waals surface area contributed by atoms with Crippen LogP contribution in [0.4, 0.5) is 0 Å². The maximum absolute atomic E-state index is 12.7. The highest BCUT2D eigenvalue weighted by molar-refractivity contribution is 5.87. The summed E-state index contributed by atoms with van der Waals surface area (Å²) in [6.07, 6.45) is -4.61. The zero-order valence-corrected chi connectivity index (χ0v) is 20.9. The number of carbonyl (C=O) groups excluding carboxylic acids is 1. The van der Waals surface area contributed by atoms with Gasteiger partial charge >= 0.3 is 11.9 Å². The van der Waals surface area contributed by atoms with Crippen molar-refractivity contribution in [3.63, 3.8) is 0 Å². The van der Waals surface area contributed by atoms with Gasteiger partial charge in [0.2, 0.25) is 12.6 Å². The summed E-state index contributed by atoms with van der Waals surface area (Å²) in [5, 5.41) is 60.3. The fourth-order valence-electron chi connectivity index (χ4n) is 4.96. The molecule has 1 aromatic rings. The Morgan fingerprint density at radius 3 is 2.51 bits per heavy atom. The number of hydrogen-bond donors (Lipinski definition) is 6. The number of esters is 1. The topological polar surface area (TPSA) is 192 Å². The molecule has 1 saturated heterocycles. The Bertz CT molecular complexity index is 1100. The van der Waals surface area contributed by atoms with Crippen LogP contribution in [-0.2, 0) is 28.5 Å². The summed E-state index contributed by atoms with van der Waals surface area (Å²) < 4.78 is 22.4. The zero-order valence-electron chi connectivity index (χ0n) is 20.9. The molecule has 12 heteroatoms. The van der Waals surface area contributed by atoms with Crippen molar-refractivity contribution in [3.05, 3.63) is 65.5 Å². The molecule has 1 fully saturated rings. The third kappa shape index (κ3) is 6.56. The number of benzene rings is 1. The van der Waals surface area contributed by atoms with Crippen molar-refractivity contribution < 1.29 is 59.2 Å². The molecule has 1 aliphatic carbocycles. The molecule has 6 N–H and O–H groups in total. The van der Waals surface area contributed by atoms with Crippen molar-refractivity contribution in [2.45, 2.75) is 55.9 Å². The average Bonchev–Trinajstić information content (AvgIpc) is 3.36. The predicted octanol–water partition coefficient (Wildman–Crippen LogP) is -0.302. The van der Waals surface area contributed by atoms with E-state index in [0.717, 1.165) is 11.8 Å². The molecule has 1 aromatic carbocycles. The second-order valence-corrected chi connectivity index (χ2v) is 9.53. The summed E-state index contributed by atoms with van der Waals surface area (Å²) in [4.78, 5) is 24.3. The molecule has 0 spiro atoms. The quantitative estimate of drug-likeness (QED) is 0.165. The molecular formula is C27H32O12. The Balaban J connectivity index is 1.48. The van der Waals surface area contributed by atoms with E-state index in [1.165, 1.54) is 6.08 Å². The van der Waals surface area contributed by atoms with Crippen LogP contribution in [0.15, 0.2) is 59.9 Å². The van der Waals surface area contributed by atoms with Gasteiger partial charge in [-0.05, 0) is 17.6 Å². The van der Waals surface area contributed by atoms with Crippen molar-refractivity contribution in [2.75, 3.05) is 13.2 Å². The van der Waals surface area contributed by atoms with Crippen molar-refractivity contribution in [2.24, 2.45) is 11.8 Å². The van der Waals surface area contributed by atoms with E-state index in [-0.39, 0.29) is 12.2 Å². The van der Waals surface area contributed by atoms with Crippen LogP contribution in [0.1, 0.15) is 18.4 Å². The van der Waals surface area contributed by atoms with Crippen LogP contribution >= 0.6 is 0 Å². The minimum atomic E-state index is -1.73. The van der Waals surface area contributed by atoms with Gasteiger partial charge in [-0.3, -0.25) is 4.79 Å². The van der Waals surface area contributed by atoms with Gasteiger partial charge in [-0.15, -0.1) is 0 Å². The molecular weight excluding hydrogens is 516 g/mol. The highest BCUT2D eigenvalue weighted by Crippen LogP contribution is 2.44. The number of carbonyl (C=O) groups is 2. The van der Waals surface area contributed by atoms with Gasteiger partial charge in [0, 0.05) is 5.92 Å². The van der Waals surface area contributed by atoms with Gasteiger partial charge in [-0.2, -0.15) is 0 Å². The molecule has 2 aliphatic heterocycles. The van der Waals surface area contributed by atoms with E-state index in [1.807, 2.05) is 30.3 Å². The predicted molar refractivity (Wildman–Crippen MR) is 132 cm³/mol. The first kappa shape index (κ1) is 28.9. The van der Waals surface area contributed by atoms with Gasteiger partial charge in [0.05, 0.1) is 43.5 Å². The minimum absolute atomic E-state index is 0.00618. The largest absolute Gasteiger partial charge is 0.478 e. The third-order valence-electron chi connectivity index (χ3n) is 6.99. The van der Waals surface area contributed by atoms with E-state index in [9.17, 15) is 40.2 Å². The van der Waals surface area contributed by atoms with E-state index in [1.54, 1.807) is 12.2 Å². The Labute approximate surface area is 224 Å². The van der Waals surface area contributed by atoms with Crippen LogP contribution in [-0.4, -0.2) is 98.9 Å². The summed E-state index contributed by atoms with van der Waals surface area (Å²) in [5.41, 5.74) is 1.28. The second-order valence-electron chi connectivity index (χ2n) is 9.53. The first-order valence-corrected chi connectivity index (χ1v) is 12.5. The Morgan fingerprint density at radius 1 is 1.10 bits per heavy atom. The lowest BCUT2D eigenvalue weighted by molar-refractivity contribution is -0.341. The van der Waals surface area contributed by atoms with E-state index in [0.29, 0.717) is 12.0 Å². The van der Waals surface area contributed by atoms with Crippen LogP contribution in [0.25, 0.3) is 6.08 Å². The summed E-state index contributed by atoms with van der Waals surface area (Å²) in [5.74, 6) is -3.39. The maximum Gasteiger partial charge on any atom is 0.335 e. The minimum Gasteiger partial charge on any atom is -0.478 e. The Hall–Kier alpha value is -3.10. The van der Waals surface area contributed by atoms with Crippen LogP contribution in [0, 0.1) is 11.8 Å². The molecule has 4 rings (SSSR count). The number of rotatable bonds is 10. The van der Waals surface area contributed by atoms with Gasteiger partial charge in [-0.1, -0.05) is 48.6 Å². The SMILES string of the molecule is O=C(CC(O)C=Cc1ccccc1)OC1C(OC2OC=C(C(=O)O)C3CC=C(CO)C23)OC(CO)C(O)C1O. The van der Waals surface area contributed by atoms with Gasteiger partial charge in [0.1, 0.15) is 18.3 Å². The molecule has 39 heavy (non-hydrogen) atoms. The fraction of sp³-hybridized carbons (Fsp3) is 0.481.